The summed E-state index contributed by atoms with van der Waals surface area (Å²) in [5, 5.41) is 9.43. The second kappa shape index (κ2) is 9.71. The first kappa shape index (κ1) is 21.0. The average Bonchev–Trinajstić information content (AvgIpc) is 2.83. The monoisotopic (exact) mass is 419 g/mol. The number of fused-ring (bicyclic) bond motifs is 1. The number of hydrogen-bond acceptors (Lipinski definition) is 6. The van der Waals surface area contributed by atoms with E-state index in [1.807, 2.05) is 18.3 Å². The summed E-state index contributed by atoms with van der Waals surface area (Å²) in [6, 6.07) is 18.8. The van der Waals surface area contributed by atoms with Gasteiger partial charge in [0.2, 0.25) is 0 Å². The number of hydrazone groups is 1. The van der Waals surface area contributed by atoms with Crippen LogP contribution in [0.1, 0.15) is 11.1 Å². The molecule has 0 radical (unpaired) electrons. The summed E-state index contributed by atoms with van der Waals surface area (Å²) in [4.78, 5) is 2.49. The fourth-order valence-electron chi connectivity index (χ4n) is 3.98. The van der Waals surface area contributed by atoms with Crippen molar-refractivity contribution >= 4 is 17.0 Å². The van der Waals surface area contributed by atoms with E-state index in [0.717, 1.165) is 38.3 Å². The largest absolute Gasteiger partial charge is 0.496 e. The van der Waals surface area contributed by atoms with Crippen molar-refractivity contribution in [3.05, 3.63) is 65.7 Å². The van der Waals surface area contributed by atoms with Crippen molar-refractivity contribution in [2.24, 2.45) is 5.10 Å². The SMILES string of the molecule is COc1cc(OC)c(/C=N/N2CCN(Cc3cccc4ccccc34)CC2)c(OC)c1. The normalized spacial score (nSPS) is 14.9. The van der Waals surface area contributed by atoms with Crippen LogP contribution in [0.25, 0.3) is 10.8 Å². The van der Waals surface area contributed by atoms with E-state index in [1.54, 1.807) is 21.3 Å². The van der Waals surface area contributed by atoms with Gasteiger partial charge in [-0.1, -0.05) is 42.5 Å². The minimum atomic E-state index is 0.676. The van der Waals surface area contributed by atoms with Gasteiger partial charge >= 0.3 is 0 Å². The lowest BCUT2D eigenvalue weighted by molar-refractivity contribution is 0.131. The van der Waals surface area contributed by atoms with Gasteiger partial charge in [0.15, 0.2) is 0 Å². The first-order valence-electron chi connectivity index (χ1n) is 10.5. The van der Waals surface area contributed by atoms with Gasteiger partial charge in [-0.15, -0.1) is 0 Å². The quantitative estimate of drug-likeness (QED) is 0.542. The Balaban J connectivity index is 1.41. The van der Waals surface area contributed by atoms with Crippen LogP contribution in [0.3, 0.4) is 0 Å². The molecule has 6 heteroatoms. The molecule has 0 N–H and O–H groups in total. The molecule has 162 valence electrons. The average molecular weight is 420 g/mol. The van der Waals surface area contributed by atoms with Crippen LogP contribution in [0.5, 0.6) is 17.2 Å². The van der Waals surface area contributed by atoms with Crippen LogP contribution in [-0.2, 0) is 6.54 Å². The van der Waals surface area contributed by atoms with Crippen LogP contribution >= 0.6 is 0 Å². The molecular weight excluding hydrogens is 390 g/mol. The van der Waals surface area contributed by atoms with E-state index in [-0.39, 0.29) is 0 Å². The van der Waals surface area contributed by atoms with Crippen LogP contribution in [0.15, 0.2) is 59.7 Å². The van der Waals surface area contributed by atoms with Gasteiger partial charge in [-0.3, -0.25) is 9.91 Å². The van der Waals surface area contributed by atoms with Crippen LogP contribution < -0.4 is 14.2 Å². The molecule has 3 aromatic carbocycles. The zero-order chi connectivity index (χ0) is 21.6. The third-order valence-electron chi connectivity index (χ3n) is 5.73. The second-order valence-corrected chi connectivity index (χ2v) is 7.56. The van der Waals surface area contributed by atoms with Crippen molar-refractivity contribution in [2.75, 3.05) is 47.5 Å². The van der Waals surface area contributed by atoms with Gasteiger partial charge in [0.1, 0.15) is 17.2 Å². The molecule has 1 fully saturated rings. The Bertz CT molecular complexity index is 1030. The van der Waals surface area contributed by atoms with Crippen LogP contribution in [-0.4, -0.2) is 63.6 Å². The lowest BCUT2D eigenvalue weighted by Gasteiger charge is -2.33. The maximum atomic E-state index is 5.51. The molecule has 0 amide bonds. The van der Waals surface area contributed by atoms with Crippen molar-refractivity contribution in [2.45, 2.75) is 6.54 Å². The Morgan fingerprint density at radius 3 is 2.19 bits per heavy atom. The molecule has 0 aliphatic carbocycles. The van der Waals surface area contributed by atoms with Gasteiger partial charge in [0.05, 0.1) is 33.1 Å². The number of rotatable bonds is 7. The summed E-state index contributed by atoms with van der Waals surface area (Å²) < 4.78 is 16.3. The molecule has 1 saturated heterocycles. The molecule has 1 aliphatic rings. The van der Waals surface area contributed by atoms with Gasteiger partial charge < -0.3 is 14.2 Å². The third-order valence-corrected chi connectivity index (χ3v) is 5.73. The Hall–Kier alpha value is -3.25. The molecule has 1 aliphatic heterocycles. The predicted octanol–water partition coefficient (Wildman–Crippen LogP) is 4.02. The van der Waals surface area contributed by atoms with Gasteiger partial charge in [-0.25, -0.2) is 0 Å². The molecule has 1 heterocycles. The van der Waals surface area contributed by atoms with Gasteiger partial charge in [0.25, 0.3) is 0 Å². The number of piperazine rings is 1. The van der Waals surface area contributed by atoms with Crippen LogP contribution in [0.2, 0.25) is 0 Å². The van der Waals surface area contributed by atoms with E-state index in [9.17, 15) is 0 Å². The van der Waals surface area contributed by atoms with E-state index < -0.39 is 0 Å². The molecule has 3 aromatic rings. The highest BCUT2D eigenvalue weighted by Crippen LogP contribution is 2.32. The maximum absolute atomic E-state index is 5.51. The fourth-order valence-corrected chi connectivity index (χ4v) is 3.98. The third kappa shape index (κ3) is 4.75. The number of nitrogens with zero attached hydrogens (tertiary/aromatic N) is 3. The summed E-state index contributed by atoms with van der Waals surface area (Å²) in [5.41, 5.74) is 2.19. The molecule has 0 bridgehead atoms. The minimum Gasteiger partial charge on any atom is -0.496 e. The molecule has 0 saturated carbocycles. The molecule has 31 heavy (non-hydrogen) atoms. The molecular formula is C25H29N3O3. The minimum absolute atomic E-state index is 0.676. The topological polar surface area (TPSA) is 46.5 Å². The van der Waals surface area contributed by atoms with Gasteiger partial charge in [-0.2, -0.15) is 5.10 Å². The first-order chi connectivity index (χ1) is 15.2. The highest BCUT2D eigenvalue weighted by Gasteiger charge is 2.17. The first-order valence-corrected chi connectivity index (χ1v) is 10.5. The number of benzene rings is 3. The van der Waals surface area contributed by atoms with E-state index in [2.05, 4.69) is 52.4 Å². The summed E-state index contributed by atoms with van der Waals surface area (Å²) >= 11 is 0. The van der Waals surface area contributed by atoms with E-state index in [1.165, 1.54) is 16.3 Å². The summed E-state index contributed by atoms with van der Waals surface area (Å²) in [6.07, 6.45) is 1.82. The fraction of sp³-hybridized carbons (Fsp3) is 0.320. The second-order valence-electron chi connectivity index (χ2n) is 7.56. The van der Waals surface area contributed by atoms with Crippen molar-refractivity contribution in [1.29, 1.82) is 0 Å². The lowest BCUT2D eigenvalue weighted by Crippen LogP contribution is -2.43. The van der Waals surface area contributed by atoms with Crippen molar-refractivity contribution < 1.29 is 14.2 Å². The van der Waals surface area contributed by atoms with Gasteiger partial charge in [0, 0.05) is 44.9 Å². The van der Waals surface area contributed by atoms with Crippen LogP contribution in [0.4, 0.5) is 0 Å². The summed E-state index contributed by atoms with van der Waals surface area (Å²) in [5.74, 6) is 2.04. The van der Waals surface area contributed by atoms with E-state index >= 15 is 0 Å². The Labute approximate surface area is 183 Å². The van der Waals surface area contributed by atoms with E-state index in [0.29, 0.717) is 17.2 Å². The zero-order valence-corrected chi connectivity index (χ0v) is 18.4. The summed E-state index contributed by atoms with van der Waals surface area (Å²) in [7, 11) is 4.90. The molecule has 0 aromatic heterocycles. The number of ether oxygens (including phenoxy) is 3. The van der Waals surface area contributed by atoms with Crippen molar-refractivity contribution in [3.63, 3.8) is 0 Å². The lowest BCUT2D eigenvalue weighted by atomic mass is 10.0. The zero-order valence-electron chi connectivity index (χ0n) is 18.4. The highest BCUT2D eigenvalue weighted by molar-refractivity contribution is 5.88. The molecule has 4 rings (SSSR count). The molecule has 0 atom stereocenters. The molecule has 0 spiro atoms. The van der Waals surface area contributed by atoms with Crippen molar-refractivity contribution in [1.82, 2.24) is 9.91 Å². The number of hydrogen-bond donors (Lipinski definition) is 0. The molecule has 6 nitrogen and oxygen atoms in total. The highest BCUT2D eigenvalue weighted by atomic mass is 16.5. The smallest absolute Gasteiger partial charge is 0.135 e. The van der Waals surface area contributed by atoms with Crippen LogP contribution in [0, 0.1) is 0 Å². The number of methoxy groups -OCH3 is 3. The molecule has 0 unspecified atom stereocenters. The maximum Gasteiger partial charge on any atom is 0.135 e. The van der Waals surface area contributed by atoms with E-state index in [4.69, 9.17) is 19.3 Å². The summed E-state index contributed by atoms with van der Waals surface area (Å²) in [6.45, 7) is 4.65. The Morgan fingerprint density at radius 1 is 0.839 bits per heavy atom. The van der Waals surface area contributed by atoms with Gasteiger partial charge in [-0.05, 0) is 16.3 Å². The predicted molar refractivity (Wildman–Crippen MR) is 124 cm³/mol. The van der Waals surface area contributed by atoms with Crippen molar-refractivity contribution in [3.8, 4) is 17.2 Å². The standard InChI is InChI=1S/C25H29N3O3/c1-29-21-15-24(30-2)23(25(16-21)31-3)17-26-28-13-11-27(12-14-28)18-20-9-6-8-19-7-4-5-10-22(19)20/h4-10,15-17H,11-14,18H2,1-3H3/b26-17+. The Morgan fingerprint density at radius 2 is 1.52 bits per heavy atom. The Kier molecular flexibility index (Phi) is 6.57.